The van der Waals surface area contributed by atoms with Crippen molar-refractivity contribution in [2.24, 2.45) is 0 Å². The van der Waals surface area contributed by atoms with Crippen LogP contribution in [0.25, 0.3) is 10.9 Å². The molecule has 6 nitrogen and oxygen atoms in total. The van der Waals surface area contributed by atoms with E-state index in [1.807, 2.05) is 0 Å². The van der Waals surface area contributed by atoms with Gasteiger partial charge in [-0.3, -0.25) is 4.79 Å². The van der Waals surface area contributed by atoms with Crippen molar-refractivity contribution in [1.29, 1.82) is 0 Å². The summed E-state index contributed by atoms with van der Waals surface area (Å²) < 4.78 is 0. The van der Waals surface area contributed by atoms with Gasteiger partial charge in [0.1, 0.15) is 12.2 Å². The maximum atomic E-state index is 11.4. The summed E-state index contributed by atoms with van der Waals surface area (Å²) in [4.78, 5) is 17.8. The molecule has 1 heterocycles. The van der Waals surface area contributed by atoms with Crippen LogP contribution in [0.5, 0.6) is 0 Å². The van der Waals surface area contributed by atoms with Gasteiger partial charge in [-0.15, -0.1) is 0 Å². The first-order valence-electron chi connectivity index (χ1n) is 5.08. The zero-order chi connectivity index (χ0) is 12.4. The average Bonchev–Trinajstić information content (AvgIpc) is 2.37. The molecular weight excluding hydrogens is 224 g/mol. The molecule has 0 amide bonds. The average molecular weight is 236 g/mol. The van der Waals surface area contributed by atoms with Gasteiger partial charge < -0.3 is 20.3 Å². The molecule has 17 heavy (non-hydrogen) atoms. The summed E-state index contributed by atoms with van der Waals surface area (Å²) >= 11 is 0. The van der Waals surface area contributed by atoms with E-state index >= 15 is 0 Å². The first kappa shape index (κ1) is 11.7. The van der Waals surface area contributed by atoms with Crippen molar-refractivity contribution in [2.45, 2.75) is 12.2 Å². The molecule has 1 aromatic carbocycles. The van der Waals surface area contributed by atoms with E-state index in [-0.39, 0.29) is 5.56 Å². The van der Waals surface area contributed by atoms with Gasteiger partial charge >= 0.3 is 0 Å². The second-order valence-corrected chi connectivity index (χ2v) is 3.70. The molecule has 2 unspecified atom stereocenters. The molecule has 2 atom stereocenters. The maximum absolute atomic E-state index is 11.4. The van der Waals surface area contributed by atoms with Crippen LogP contribution in [0.4, 0.5) is 0 Å². The highest BCUT2D eigenvalue weighted by Crippen LogP contribution is 2.19. The molecule has 0 aliphatic rings. The number of H-pyrrole nitrogens is 1. The fourth-order valence-electron chi connectivity index (χ4n) is 1.59. The second kappa shape index (κ2) is 4.62. The Balaban J connectivity index is 2.48. The van der Waals surface area contributed by atoms with Gasteiger partial charge in [-0.05, 0) is 17.7 Å². The minimum absolute atomic E-state index is 0.265. The van der Waals surface area contributed by atoms with Crippen LogP contribution in [0, 0.1) is 0 Å². The molecule has 0 saturated carbocycles. The minimum atomic E-state index is -1.26. The van der Waals surface area contributed by atoms with Crippen molar-refractivity contribution in [2.75, 3.05) is 6.61 Å². The summed E-state index contributed by atoms with van der Waals surface area (Å²) in [6, 6.07) is 4.54. The number of hydrogen-bond acceptors (Lipinski definition) is 5. The third-order valence-electron chi connectivity index (χ3n) is 2.56. The van der Waals surface area contributed by atoms with Crippen molar-refractivity contribution in [1.82, 2.24) is 9.97 Å². The van der Waals surface area contributed by atoms with Gasteiger partial charge in [-0.2, -0.15) is 0 Å². The first-order valence-corrected chi connectivity index (χ1v) is 5.08. The molecule has 4 N–H and O–H groups in total. The molecule has 0 fully saturated rings. The number of aliphatic hydroxyl groups is 3. The summed E-state index contributed by atoms with van der Waals surface area (Å²) in [6.07, 6.45) is -1.19. The number of benzene rings is 1. The van der Waals surface area contributed by atoms with E-state index in [1.54, 1.807) is 0 Å². The molecule has 1 aromatic heterocycles. The predicted molar refractivity (Wildman–Crippen MR) is 60.4 cm³/mol. The predicted octanol–water partition coefficient (Wildman–Crippen LogP) is -0.690. The highest BCUT2D eigenvalue weighted by Gasteiger charge is 2.17. The van der Waals surface area contributed by atoms with Gasteiger partial charge in [-0.25, -0.2) is 4.98 Å². The number of aromatic nitrogens is 2. The SMILES string of the molecule is O=c1[nH]cnc2cc(C(O)C(O)CO)ccc12. The Morgan fingerprint density at radius 2 is 2.12 bits per heavy atom. The van der Waals surface area contributed by atoms with Crippen LogP contribution in [-0.2, 0) is 0 Å². The Hall–Kier alpha value is -1.76. The molecule has 0 aliphatic heterocycles. The Bertz CT molecular complexity index is 581. The smallest absolute Gasteiger partial charge is 0.258 e. The van der Waals surface area contributed by atoms with E-state index in [1.165, 1.54) is 24.5 Å². The number of aliphatic hydroxyl groups excluding tert-OH is 3. The Kier molecular flexibility index (Phi) is 3.19. The highest BCUT2D eigenvalue weighted by atomic mass is 16.4. The largest absolute Gasteiger partial charge is 0.394 e. The van der Waals surface area contributed by atoms with Crippen molar-refractivity contribution in [3.63, 3.8) is 0 Å². The summed E-state index contributed by atoms with van der Waals surface area (Å²) in [7, 11) is 0. The van der Waals surface area contributed by atoms with Crippen LogP contribution in [0.1, 0.15) is 11.7 Å². The van der Waals surface area contributed by atoms with Crippen molar-refractivity contribution < 1.29 is 15.3 Å². The third-order valence-corrected chi connectivity index (χ3v) is 2.56. The van der Waals surface area contributed by atoms with E-state index in [2.05, 4.69) is 9.97 Å². The zero-order valence-electron chi connectivity index (χ0n) is 8.87. The zero-order valence-corrected chi connectivity index (χ0v) is 8.87. The van der Waals surface area contributed by atoms with Crippen LogP contribution >= 0.6 is 0 Å². The van der Waals surface area contributed by atoms with Gasteiger partial charge in [0.25, 0.3) is 5.56 Å². The molecule has 0 spiro atoms. The Morgan fingerprint density at radius 1 is 1.35 bits per heavy atom. The van der Waals surface area contributed by atoms with E-state index in [4.69, 9.17) is 5.11 Å². The number of nitrogens with one attached hydrogen (secondary N) is 1. The number of aromatic amines is 1. The summed E-state index contributed by atoms with van der Waals surface area (Å²) in [6.45, 7) is -0.540. The number of fused-ring (bicyclic) bond motifs is 1. The molecule has 0 bridgehead atoms. The lowest BCUT2D eigenvalue weighted by Gasteiger charge is -2.15. The molecule has 0 saturated heterocycles. The van der Waals surface area contributed by atoms with Crippen LogP contribution in [0.15, 0.2) is 29.3 Å². The lowest BCUT2D eigenvalue weighted by Crippen LogP contribution is -2.22. The second-order valence-electron chi connectivity index (χ2n) is 3.70. The van der Waals surface area contributed by atoms with Crippen molar-refractivity contribution in [3.8, 4) is 0 Å². The molecule has 90 valence electrons. The summed E-state index contributed by atoms with van der Waals surface area (Å²) in [5, 5.41) is 28.2. The Labute approximate surface area is 96.2 Å². The molecule has 2 rings (SSSR count). The lowest BCUT2D eigenvalue weighted by atomic mass is 10.0. The topological polar surface area (TPSA) is 106 Å². The number of hydrogen-bond donors (Lipinski definition) is 4. The van der Waals surface area contributed by atoms with Crippen LogP contribution in [0.3, 0.4) is 0 Å². The van der Waals surface area contributed by atoms with Crippen LogP contribution < -0.4 is 5.56 Å². The van der Waals surface area contributed by atoms with E-state index in [9.17, 15) is 15.0 Å². The van der Waals surface area contributed by atoms with Crippen molar-refractivity contribution >= 4 is 10.9 Å². The summed E-state index contributed by atoms with van der Waals surface area (Å²) in [5.41, 5.74) is 0.561. The minimum Gasteiger partial charge on any atom is -0.394 e. The molecule has 0 radical (unpaired) electrons. The lowest BCUT2D eigenvalue weighted by molar-refractivity contribution is -0.0152. The van der Waals surface area contributed by atoms with Crippen LogP contribution in [-0.4, -0.2) is 38.0 Å². The monoisotopic (exact) mass is 236 g/mol. The normalized spacial score (nSPS) is 14.8. The van der Waals surface area contributed by atoms with Crippen molar-refractivity contribution in [3.05, 3.63) is 40.4 Å². The fourth-order valence-corrected chi connectivity index (χ4v) is 1.59. The van der Waals surface area contributed by atoms with E-state index < -0.39 is 18.8 Å². The highest BCUT2D eigenvalue weighted by molar-refractivity contribution is 5.77. The standard InChI is InChI=1S/C11H12N2O4/c14-4-9(15)10(16)6-1-2-7-8(3-6)12-5-13-11(7)17/h1-3,5,9-10,14-16H,4H2,(H,12,13,17). The molecule has 0 aliphatic carbocycles. The van der Waals surface area contributed by atoms with Gasteiger partial charge in [-0.1, -0.05) is 6.07 Å². The summed E-state index contributed by atoms with van der Waals surface area (Å²) in [5.74, 6) is 0. The molecule has 6 heteroatoms. The van der Waals surface area contributed by atoms with Gasteiger partial charge in [0.15, 0.2) is 0 Å². The quantitative estimate of drug-likeness (QED) is 0.564. The van der Waals surface area contributed by atoms with Gasteiger partial charge in [0, 0.05) is 0 Å². The fraction of sp³-hybridized carbons (Fsp3) is 0.273. The molecule has 2 aromatic rings. The molecular formula is C11H12N2O4. The number of nitrogens with zero attached hydrogens (tertiary/aromatic N) is 1. The number of rotatable bonds is 3. The van der Waals surface area contributed by atoms with Gasteiger partial charge in [0.05, 0.1) is 23.8 Å². The third kappa shape index (κ3) is 2.19. The first-order chi connectivity index (χ1) is 8.13. The van der Waals surface area contributed by atoms with Gasteiger partial charge in [0.2, 0.25) is 0 Å². The van der Waals surface area contributed by atoms with E-state index in [0.717, 1.165) is 0 Å². The maximum Gasteiger partial charge on any atom is 0.258 e. The van der Waals surface area contributed by atoms with E-state index in [0.29, 0.717) is 16.5 Å². The Morgan fingerprint density at radius 3 is 2.82 bits per heavy atom. The van der Waals surface area contributed by atoms with Crippen LogP contribution in [0.2, 0.25) is 0 Å².